The van der Waals surface area contributed by atoms with Crippen LogP contribution >= 0.6 is 27.7 Å². The molecule has 8 nitrogen and oxygen atoms in total. The second-order valence-electron chi connectivity index (χ2n) is 7.78. The summed E-state index contributed by atoms with van der Waals surface area (Å²) in [7, 11) is 1.49. The maximum absolute atomic E-state index is 13.5. The van der Waals surface area contributed by atoms with E-state index < -0.39 is 5.25 Å². The molecule has 0 bridgehead atoms. The topological polar surface area (TPSA) is 92.3 Å². The van der Waals surface area contributed by atoms with Crippen LogP contribution < -0.4 is 9.47 Å². The summed E-state index contributed by atoms with van der Waals surface area (Å²) in [6.45, 7) is 1.61. The van der Waals surface area contributed by atoms with E-state index in [4.69, 9.17) is 9.47 Å². The number of nitrogens with zero attached hydrogens (tertiary/aromatic N) is 4. The molecule has 4 rings (SSSR count). The first-order chi connectivity index (χ1) is 17.4. The van der Waals surface area contributed by atoms with Gasteiger partial charge in [0.1, 0.15) is 23.5 Å². The number of halogens is 2. The first-order valence-electron chi connectivity index (χ1n) is 10.9. The van der Waals surface area contributed by atoms with Crippen molar-refractivity contribution in [1.82, 2.24) is 14.8 Å². The number of thioether (sulfide) groups is 1. The van der Waals surface area contributed by atoms with Crippen LogP contribution in [0.4, 0.5) is 4.39 Å². The zero-order chi connectivity index (χ0) is 25.7. The van der Waals surface area contributed by atoms with E-state index in [1.54, 1.807) is 24.3 Å². The molecule has 0 amide bonds. The van der Waals surface area contributed by atoms with Gasteiger partial charge in [0.05, 0.1) is 11.6 Å². The molecule has 0 aliphatic rings. The van der Waals surface area contributed by atoms with Gasteiger partial charge in [-0.15, -0.1) is 10.2 Å². The van der Waals surface area contributed by atoms with Crippen LogP contribution in [0.2, 0.25) is 0 Å². The van der Waals surface area contributed by atoms with Crippen molar-refractivity contribution in [3.05, 3.63) is 104 Å². The van der Waals surface area contributed by atoms with E-state index in [1.165, 1.54) is 31.0 Å². The molecule has 0 saturated carbocycles. The smallest absolute Gasteiger partial charge is 0.220 e. The number of rotatable bonds is 10. The summed E-state index contributed by atoms with van der Waals surface area (Å²) < 4.78 is 27.4. The van der Waals surface area contributed by atoms with Gasteiger partial charge in [-0.05, 0) is 70.4 Å². The van der Waals surface area contributed by atoms with Crippen molar-refractivity contribution in [2.45, 2.75) is 23.9 Å². The van der Waals surface area contributed by atoms with Gasteiger partial charge in [-0.1, -0.05) is 42.1 Å². The van der Waals surface area contributed by atoms with Crippen LogP contribution in [-0.2, 0) is 6.61 Å². The van der Waals surface area contributed by atoms with E-state index in [0.29, 0.717) is 38.1 Å². The largest absolute Gasteiger partial charge is 0.493 e. The Hall–Kier alpha value is -3.44. The summed E-state index contributed by atoms with van der Waals surface area (Å²) in [5.74, 6) is 1.13. The number of para-hydroxylation sites is 1. The van der Waals surface area contributed by atoms with Gasteiger partial charge < -0.3 is 9.47 Å². The number of benzene rings is 3. The van der Waals surface area contributed by atoms with Gasteiger partial charge in [-0.25, -0.2) is 4.39 Å². The summed E-state index contributed by atoms with van der Waals surface area (Å²) in [5, 5.41) is 20.0. The molecule has 1 heterocycles. The summed E-state index contributed by atoms with van der Waals surface area (Å²) in [5.41, 5.74) is 2.17. The normalized spacial score (nSPS) is 11.8. The van der Waals surface area contributed by atoms with Gasteiger partial charge in [0.2, 0.25) is 6.54 Å². The summed E-state index contributed by atoms with van der Waals surface area (Å²) in [4.78, 5) is 11.2. The SMILES string of the molecule is COc1cc([C@@H](C[N+](=O)[O-])Sc2nnc(C)n2-c2ccccc2)cc(Br)c1OCc1cccc(F)c1. The third kappa shape index (κ3) is 6.03. The van der Waals surface area contributed by atoms with Crippen molar-refractivity contribution >= 4 is 27.7 Å². The highest BCUT2D eigenvalue weighted by molar-refractivity contribution is 9.10. The molecule has 186 valence electrons. The van der Waals surface area contributed by atoms with E-state index >= 15 is 0 Å². The number of hydrogen-bond acceptors (Lipinski definition) is 7. The molecule has 0 fully saturated rings. The van der Waals surface area contributed by atoms with Gasteiger partial charge in [0.15, 0.2) is 16.7 Å². The Morgan fingerprint density at radius 3 is 2.61 bits per heavy atom. The molecule has 0 radical (unpaired) electrons. The van der Waals surface area contributed by atoms with Crippen molar-refractivity contribution in [2.24, 2.45) is 0 Å². The Labute approximate surface area is 219 Å². The molecule has 3 aromatic carbocycles. The fraction of sp³-hybridized carbons (Fsp3) is 0.200. The number of ether oxygens (including phenoxy) is 2. The first-order valence-corrected chi connectivity index (χ1v) is 12.5. The van der Waals surface area contributed by atoms with Crippen molar-refractivity contribution in [2.75, 3.05) is 13.7 Å². The molecular formula is C25H22BrFN4O4S. The van der Waals surface area contributed by atoms with Crippen LogP contribution in [0.5, 0.6) is 11.5 Å². The third-order valence-electron chi connectivity index (χ3n) is 5.27. The van der Waals surface area contributed by atoms with Gasteiger partial charge in [0, 0.05) is 10.6 Å². The molecule has 1 atom stereocenters. The van der Waals surface area contributed by atoms with Crippen LogP contribution in [0, 0.1) is 22.9 Å². The quantitative estimate of drug-likeness (QED) is 0.127. The lowest BCUT2D eigenvalue weighted by molar-refractivity contribution is -0.479. The van der Waals surface area contributed by atoms with Crippen molar-refractivity contribution in [3.8, 4) is 17.2 Å². The molecule has 1 aromatic heterocycles. The van der Waals surface area contributed by atoms with Gasteiger partial charge in [-0.2, -0.15) is 0 Å². The monoisotopic (exact) mass is 572 g/mol. The van der Waals surface area contributed by atoms with Crippen LogP contribution in [0.3, 0.4) is 0 Å². The number of nitro groups is 1. The van der Waals surface area contributed by atoms with E-state index in [-0.39, 0.29) is 23.9 Å². The van der Waals surface area contributed by atoms with E-state index in [1.807, 2.05) is 41.8 Å². The van der Waals surface area contributed by atoms with Crippen LogP contribution in [0.15, 0.2) is 76.4 Å². The van der Waals surface area contributed by atoms with Crippen molar-refractivity contribution < 1.29 is 18.8 Å². The molecule has 4 aromatic rings. The summed E-state index contributed by atoms with van der Waals surface area (Å²) in [6, 6.07) is 19.2. The highest BCUT2D eigenvalue weighted by Crippen LogP contribution is 2.43. The van der Waals surface area contributed by atoms with Crippen LogP contribution in [0.1, 0.15) is 22.2 Å². The third-order valence-corrected chi connectivity index (χ3v) is 7.04. The molecular weight excluding hydrogens is 551 g/mol. The highest BCUT2D eigenvalue weighted by atomic mass is 79.9. The Bertz CT molecular complexity index is 1370. The fourth-order valence-corrected chi connectivity index (χ4v) is 5.34. The van der Waals surface area contributed by atoms with Gasteiger partial charge >= 0.3 is 0 Å². The molecule has 0 aliphatic carbocycles. The lowest BCUT2D eigenvalue weighted by atomic mass is 10.1. The molecule has 0 unspecified atom stereocenters. The van der Waals surface area contributed by atoms with E-state index in [2.05, 4.69) is 26.1 Å². The standard InChI is InChI=1S/C25H22BrFN4O4S/c1-16-28-29-25(31(16)20-9-4-3-5-10-20)36-23(14-30(32)33)18-12-21(26)24(22(13-18)34-2)35-15-17-7-6-8-19(27)11-17/h3-13,23H,14-15H2,1-2H3/t23-/m1/s1. The zero-order valence-corrected chi connectivity index (χ0v) is 21.8. The maximum Gasteiger partial charge on any atom is 0.220 e. The average Bonchev–Trinajstić information content (AvgIpc) is 3.22. The zero-order valence-electron chi connectivity index (χ0n) is 19.4. The number of methoxy groups -OCH3 is 1. The summed E-state index contributed by atoms with van der Waals surface area (Å²) >= 11 is 4.76. The number of hydrogen-bond donors (Lipinski definition) is 0. The van der Waals surface area contributed by atoms with Crippen LogP contribution in [-0.4, -0.2) is 33.3 Å². The molecule has 11 heteroatoms. The second-order valence-corrected chi connectivity index (χ2v) is 9.80. The van der Waals surface area contributed by atoms with Crippen molar-refractivity contribution in [1.29, 1.82) is 0 Å². The first kappa shape index (κ1) is 25.6. The number of aromatic nitrogens is 3. The second kappa shape index (κ2) is 11.5. The Balaban J connectivity index is 1.65. The molecule has 0 aliphatic heterocycles. The molecule has 0 N–H and O–H groups in total. The fourth-order valence-electron chi connectivity index (χ4n) is 3.61. The van der Waals surface area contributed by atoms with Crippen molar-refractivity contribution in [3.63, 3.8) is 0 Å². The van der Waals surface area contributed by atoms with Gasteiger partial charge in [-0.3, -0.25) is 14.7 Å². The van der Waals surface area contributed by atoms with Crippen LogP contribution in [0.25, 0.3) is 5.69 Å². The minimum atomic E-state index is -0.589. The minimum absolute atomic E-state index is 0.124. The Kier molecular flexibility index (Phi) is 8.21. The van der Waals surface area contributed by atoms with Gasteiger partial charge in [0.25, 0.3) is 0 Å². The van der Waals surface area contributed by atoms with E-state index in [0.717, 1.165) is 5.69 Å². The Morgan fingerprint density at radius 1 is 1.14 bits per heavy atom. The lowest BCUT2D eigenvalue weighted by Crippen LogP contribution is -2.12. The number of aryl methyl sites for hydroxylation is 1. The molecule has 0 saturated heterocycles. The summed E-state index contributed by atoms with van der Waals surface area (Å²) in [6.07, 6.45) is 0. The predicted octanol–water partition coefficient (Wildman–Crippen LogP) is 6.18. The average molecular weight is 573 g/mol. The highest BCUT2D eigenvalue weighted by Gasteiger charge is 2.26. The molecule has 36 heavy (non-hydrogen) atoms. The Morgan fingerprint density at radius 2 is 1.92 bits per heavy atom. The maximum atomic E-state index is 13.5. The lowest BCUT2D eigenvalue weighted by Gasteiger charge is -2.18. The van der Waals surface area contributed by atoms with E-state index in [9.17, 15) is 14.5 Å². The molecule has 0 spiro atoms. The minimum Gasteiger partial charge on any atom is -0.493 e. The predicted molar refractivity (Wildman–Crippen MR) is 138 cm³/mol.